The van der Waals surface area contributed by atoms with Gasteiger partial charge in [-0.15, -0.1) is 0 Å². The van der Waals surface area contributed by atoms with Gasteiger partial charge in [-0.05, 0) is 50.5 Å². The Balaban J connectivity index is 2.20. The Morgan fingerprint density at radius 1 is 1.04 bits per heavy atom. The minimum absolute atomic E-state index is 0.106. The van der Waals surface area contributed by atoms with E-state index in [-0.39, 0.29) is 18.4 Å². The number of rotatable bonds is 9. The summed E-state index contributed by atoms with van der Waals surface area (Å²) in [5.74, 6) is 0.296. The molecular weight excluding hydrogens is 352 g/mol. The zero-order valence-corrected chi connectivity index (χ0v) is 17.2. The first kappa shape index (κ1) is 21.5. The first-order valence-corrected chi connectivity index (χ1v) is 9.77. The molecule has 5 nitrogen and oxygen atoms in total. The van der Waals surface area contributed by atoms with Gasteiger partial charge in [0.2, 0.25) is 5.91 Å². The molecule has 2 rings (SSSR count). The summed E-state index contributed by atoms with van der Waals surface area (Å²) >= 11 is 0. The molecular formula is C23H30N2O3. The highest BCUT2D eigenvalue weighted by Crippen LogP contribution is 2.17. The Hall–Kier alpha value is -2.82. The molecule has 0 spiro atoms. The fourth-order valence-electron chi connectivity index (χ4n) is 3.05. The van der Waals surface area contributed by atoms with E-state index in [1.807, 2.05) is 76.2 Å². The van der Waals surface area contributed by atoms with Gasteiger partial charge in [0.05, 0.1) is 0 Å². The van der Waals surface area contributed by atoms with E-state index < -0.39 is 6.04 Å². The van der Waals surface area contributed by atoms with Crippen molar-refractivity contribution in [2.45, 2.75) is 46.7 Å². The van der Waals surface area contributed by atoms with E-state index in [4.69, 9.17) is 4.74 Å². The lowest BCUT2D eigenvalue weighted by atomic mass is 10.1. The SMILES string of the molecule is CCNC(=O)[C@@H](CC)N(Cc1ccccc1C)C(=O)COc1ccc(C)cc1. The Bertz CT molecular complexity index is 787. The van der Waals surface area contributed by atoms with Crippen LogP contribution in [0.3, 0.4) is 0 Å². The van der Waals surface area contributed by atoms with E-state index in [1.165, 1.54) is 0 Å². The largest absolute Gasteiger partial charge is 0.484 e. The molecule has 0 aliphatic heterocycles. The quantitative estimate of drug-likeness (QED) is 0.721. The smallest absolute Gasteiger partial charge is 0.261 e. The van der Waals surface area contributed by atoms with Crippen LogP contribution in [0.15, 0.2) is 48.5 Å². The number of carbonyl (C=O) groups excluding carboxylic acids is 2. The normalized spacial score (nSPS) is 11.6. The van der Waals surface area contributed by atoms with Gasteiger partial charge in [0.15, 0.2) is 6.61 Å². The molecule has 1 atom stereocenters. The molecule has 0 aliphatic carbocycles. The monoisotopic (exact) mass is 382 g/mol. The molecule has 0 saturated carbocycles. The second kappa shape index (κ2) is 10.5. The molecule has 2 aromatic rings. The van der Waals surface area contributed by atoms with Crippen LogP contribution in [0, 0.1) is 13.8 Å². The van der Waals surface area contributed by atoms with E-state index in [2.05, 4.69) is 5.32 Å². The predicted molar refractivity (Wildman–Crippen MR) is 111 cm³/mol. The number of hydrogen-bond acceptors (Lipinski definition) is 3. The van der Waals surface area contributed by atoms with E-state index in [0.29, 0.717) is 25.3 Å². The number of benzene rings is 2. The van der Waals surface area contributed by atoms with Crippen molar-refractivity contribution in [2.24, 2.45) is 0 Å². The predicted octanol–water partition coefficient (Wildman–Crippen LogP) is 3.63. The van der Waals surface area contributed by atoms with Crippen LogP contribution in [0.2, 0.25) is 0 Å². The molecule has 0 aromatic heterocycles. The number of likely N-dealkylation sites (N-methyl/N-ethyl adjacent to an activating group) is 1. The fourth-order valence-corrected chi connectivity index (χ4v) is 3.05. The molecule has 1 N–H and O–H groups in total. The highest BCUT2D eigenvalue weighted by atomic mass is 16.5. The van der Waals surface area contributed by atoms with Crippen LogP contribution < -0.4 is 10.1 Å². The number of ether oxygens (including phenoxy) is 1. The molecule has 5 heteroatoms. The van der Waals surface area contributed by atoms with Crippen molar-refractivity contribution in [3.05, 3.63) is 65.2 Å². The molecule has 0 saturated heterocycles. The number of nitrogens with one attached hydrogen (secondary N) is 1. The molecule has 0 radical (unpaired) electrons. The maximum Gasteiger partial charge on any atom is 0.261 e. The van der Waals surface area contributed by atoms with Crippen molar-refractivity contribution in [1.82, 2.24) is 10.2 Å². The molecule has 0 fully saturated rings. The topological polar surface area (TPSA) is 58.6 Å². The van der Waals surface area contributed by atoms with Crippen LogP contribution in [0.25, 0.3) is 0 Å². The first-order valence-electron chi connectivity index (χ1n) is 9.77. The second-order valence-electron chi connectivity index (χ2n) is 6.87. The summed E-state index contributed by atoms with van der Waals surface area (Å²) in [6, 6.07) is 14.9. The summed E-state index contributed by atoms with van der Waals surface area (Å²) in [4.78, 5) is 27.2. The van der Waals surface area contributed by atoms with Crippen molar-refractivity contribution in [2.75, 3.05) is 13.2 Å². The van der Waals surface area contributed by atoms with Crippen LogP contribution in [-0.4, -0.2) is 35.9 Å². The number of carbonyl (C=O) groups is 2. The lowest BCUT2D eigenvalue weighted by molar-refractivity contribution is -0.142. The molecule has 0 unspecified atom stereocenters. The third kappa shape index (κ3) is 5.84. The van der Waals surface area contributed by atoms with Gasteiger partial charge in [-0.3, -0.25) is 9.59 Å². The Morgan fingerprint density at radius 2 is 1.71 bits per heavy atom. The summed E-state index contributed by atoms with van der Waals surface area (Å²) in [7, 11) is 0. The van der Waals surface area contributed by atoms with Gasteiger partial charge in [0.25, 0.3) is 5.91 Å². The van der Waals surface area contributed by atoms with Crippen molar-refractivity contribution in [3.63, 3.8) is 0 Å². The summed E-state index contributed by atoms with van der Waals surface area (Å²) in [6.45, 7) is 8.59. The van der Waals surface area contributed by atoms with Gasteiger partial charge < -0.3 is 15.0 Å². The van der Waals surface area contributed by atoms with Crippen molar-refractivity contribution in [1.29, 1.82) is 0 Å². The molecule has 2 aromatic carbocycles. The van der Waals surface area contributed by atoms with Crippen LogP contribution in [0.4, 0.5) is 0 Å². The van der Waals surface area contributed by atoms with Gasteiger partial charge >= 0.3 is 0 Å². The maximum atomic E-state index is 13.0. The Labute approximate surface area is 167 Å². The average molecular weight is 383 g/mol. The summed E-state index contributed by atoms with van der Waals surface area (Å²) in [5, 5.41) is 2.84. The molecule has 2 amide bonds. The zero-order chi connectivity index (χ0) is 20.5. The molecule has 28 heavy (non-hydrogen) atoms. The fraction of sp³-hybridized carbons (Fsp3) is 0.391. The number of hydrogen-bond donors (Lipinski definition) is 1. The summed E-state index contributed by atoms with van der Waals surface area (Å²) < 4.78 is 5.68. The molecule has 0 aliphatic rings. The van der Waals surface area contributed by atoms with Crippen LogP contribution in [-0.2, 0) is 16.1 Å². The molecule has 150 valence electrons. The van der Waals surface area contributed by atoms with Crippen LogP contribution >= 0.6 is 0 Å². The Morgan fingerprint density at radius 3 is 2.32 bits per heavy atom. The van der Waals surface area contributed by atoms with E-state index in [1.54, 1.807) is 4.90 Å². The standard InChI is InChI=1S/C23H30N2O3/c1-5-21(23(27)24-6-2)25(15-19-10-8-7-9-18(19)4)22(26)16-28-20-13-11-17(3)12-14-20/h7-14,21H,5-6,15-16H2,1-4H3,(H,24,27)/t21-/m1/s1. The third-order valence-corrected chi connectivity index (χ3v) is 4.72. The molecule has 0 heterocycles. The average Bonchev–Trinajstić information content (AvgIpc) is 2.69. The van der Waals surface area contributed by atoms with E-state index in [0.717, 1.165) is 16.7 Å². The number of amides is 2. The number of nitrogens with zero attached hydrogens (tertiary/aromatic N) is 1. The van der Waals surface area contributed by atoms with Crippen molar-refractivity contribution in [3.8, 4) is 5.75 Å². The van der Waals surface area contributed by atoms with Gasteiger partial charge in [-0.2, -0.15) is 0 Å². The van der Waals surface area contributed by atoms with E-state index >= 15 is 0 Å². The first-order chi connectivity index (χ1) is 13.5. The third-order valence-electron chi connectivity index (χ3n) is 4.72. The minimum atomic E-state index is -0.534. The summed E-state index contributed by atoms with van der Waals surface area (Å²) in [5.41, 5.74) is 3.24. The van der Waals surface area contributed by atoms with Crippen LogP contribution in [0.1, 0.15) is 37.0 Å². The van der Waals surface area contributed by atoms with Crippen molar-refractivity contribution >= 4 is 11.8 Å². The highest BCUT2D eigenvalue weighted by Gasteiger charge is 2.28. The molecule has 0 bridgehead atoms. The lowest BCUT2D eigenvalue weighted by Crippen LogP contribution is -2.50. The minimum Gasteiger partial charge on any atom is -0.484 e. The van der Waals surface area contributed by atoms with E-state index in [9.17, 15) is 9.59 Å². The van der Waals surface area contributed by atoms with Crippen molar-refractivity contribution < 1.29 is 14.3 Å². The number of aryl methyl sites for hydroxylation is 2. The lowest BCUT2D eigenvalue weighted by Gasteiger charge is -2.31. The van der Waals surface area contributed by atoms with Gasteiger partial charge in [0.1, 0.15) is 11.8 Å². The highest BCUT2D eigenvalue weighted by molar-refractivity contribution is 5.88. The zero-order valence-electron chi connectivity index (χ0n) is 17.2. The van der Waals surface area contributed by atoms with Gasteiger partial charge in [-0.25, -0.2) is 0 Å². The Kier molecular flexibility index (Phi) is 8.05. The summed E-state index contributed by atoms with van der Waals surface area (Å²) in [6.07, 6.45) is 0.536. The maximum absolute atomic E-state index is 13.0. The van der Waals surface area contributed by atoms with Crippen LogP contribution in [0.5, 0.6) is 5.75 Å². The van der Waals surface area contributed by atoms with Gasteiger partial charge in [0, 0.05) is 13.1 Å². The second-order valence-corrected chi connectivity index (χ2v) is 6.87. The van der Waals surface area contributed by atoms with Gasteiger partial charge in [-0.1, -0.05) is 48.9 Å².